The normalized spacial score (nSPS) is 52.6. The van der Waals surface area contributed by atoms with E-state index in [-0.39, 0.29) is 52.3 Å². The van der Waals surface area contributed by atoms with Gasteiger partial charge < -0.3 is 25.2 Å². The molecule has 4 aliphatic carbocycles. The number of ether oxygens (including phenoxy) is 1. The minimum absolute atomic E-state index is 0.0299. The molecule has 6 heteroatoms. The Bertz CT molecular complexity index is 683. The average Bonchev–Trinajstić information content (AvgIpc) is 3.10. The fraction of sp³-hybridized carbons (Fsp3) is 0.960. The summed E-state index contributed by atoms with van der Waals surface area (Å²) in [5.74, 6) is 0.514. The first-order valence-corrected chi connectivity index (χ1v) is 12.3. The van der Waals surface area contributed by atoms with Crippen LogP contribution in [0.3, 0.4) is 0 Å². The van der Waals surface area contributed by atoms with Crippen molar-refractivity contribution >= 4 is 5.97 Å². The van der Waals surface area contributed by atoms with Gasteiger partial charge in [0.2, 0.25) is 0 Å². The van der Waals surface area contributed by atoms with E-state index < -0.39 is 24.4 Å². The highest BCUT2D eigenvalue weighted by atomic mass is 16.5. The van der Waals surface area contributed by atoms with Crippen LogP contribution in [0.5, 0.6) is 0 Å². The van der Waals surface area contributed by atoms with Gasteiger partial charge in [0.1, 0.15) is 0 Å². The Morgan fingerprint density at radius 1 is 1.00 bits per heavy atom. The summed E-state index contributed by atoms with van der Waals surface area (Å²) >= 11 is 0. The second-order valence-corrected chi connectivity index (χ2v) is 11.7. The van der Waals surface area contributed by atoms with Crippen molar-refractivity contribution in [3.8, 4) is 0 Å². The molecule has 0 aromatic carbocycles. The lowest BCUT2D eigenvalue weighted by Gasteiger charge is -2.64. The summed E-state index contributed by atoms with van der Waals surface area (Å²) in [5.41, 5.74) is -0.492. The summed E-state index contributed by atoms with van der Waals surface area (Å²) in [6, 6.07) is 0. The van der Waals surface area contributed by atoms with E-state index in [4.69, 9.17) is 4.74 Å². The zero-order chi connectivity index (χ0) is 22.7. The molecule has 0 aromatic heterocycles. The largest absolute Gasteiger partial charge is 0.469 e. The highest BCUT2D eigenvalue weighted by Gasteiger charge is 2.67. The number of esters is 1. The number of aliphatic hydroxyl groups excluding tert-OH is 4. The lowest BCUT2D eigenvalue weighted by molar-refractivity contribution is -0.243. The number of hydrogen-bond donors (Lipinski definition) is 4. The Kier molecular flexibility index (Phi) is 6.26. The van der Waals surface area contributed by atoms with Gasteiger partial charge in [-0.3, -0.25) is 4.79 Å². The van der Waals surface area contributed by atoms with Crippen molar-refractivity contribution in [2.45, 2.75) is 96.6 Å². The molecule has 6 nitrogen and oxygen atoms in total. The highest BCUT2D eigenvalue weighted by molar-refractivity contribution is 5.69. The molecule has 4 rings (SSSR count). The van der Waals surface area contributed by atoms with Crippen molar-refractivity contribution in [3.05, 3.63) is 0 Å². The van der Waals surface area contributed by atoms with E-state index in [0.29, 0.717) is 19.3 Å². The van der Waals surface area contributed by atoms with Crippen LogP contribution >= 0.6 is 0 Å². The standard InChI is InChI=1S/C25H42O6/c1-13(5-8-20(28)31-4)15-6-7-16-21-17(12-19(27)25(15,16)3)24(2)10-9-14(26)11-18(24)22(29)23(21)30/h13-19,21-23,26-27,29-30H,5-12H2,1-4H3/t13-,14-,15-,16+,17+,18+,19+,21+,22+,23+,24-,25-/m1/s1. The predicted octanol–water partition coefficient (Wildman–Crippen LogP) is 2.51. The molecule has 31 heavy (non-hydrogen) atoms. The van der Waals surface area contributed by atoms with Crippen LogP contribution in [0.25, 0.3) is 0 Å². The highest BCUT2D eigenvalue weighted by Crippen LogP contribution is 2.68. The van der Waals surface area contributed by atoms with Crippen molar-refractivity contribution in [2.75, 3.05) is 7.11 Å². The first-order chi connectivity index (χ1) is 14.6. The molecular formula is C25H42O6. The molecule has 0 heterocycles. The van der Waals surface area contributed by atoms with E-state index in [0.717, 1.165) is 32.1 Å². The van der Waals surface area contributed by atoms with Crippen LogP contribution in [0.15, 0.2) is 0 Å². The van der Waals surface area contributed by atoms with Gasteiger partial charge in [-0.1, -0.05) is 20.8 Å². The van der Waals surface area contributed by atoms with Crippen molar-refractivity contribution in [1.82, 2.24) is 0 Å². The van der Waals surface area contributed by atoms with E-state index in [1.807, 2.05) is 0 Å². The summed E-state index contributed by atoms with van der Waals surface area (Å²) in [5, 5.41) is 44.2. The molecule has 0 aliphatic heterocycles. The Hall–Kier alpha value is -0.690. The van der Waals surface area contributed by atoms with Gasteiger partial charge in [0.15, 0.2) is 0 Å². The number of fused-ring (bicyclic) bond motifs is 5. The van der Waals surface area contributed by atoms with Gasteiger partial charge in [-0.25, -0.2) is 0 Å². The van der Waals surface area contributed by atoms with Crippen molar-refractivity contribution < 1.29 is 30.0 Å². The number of carbonyl (C=O) groups is 1. The summed E-state index contributed by atoms with van der Waals surface area (Å²) in [4.78, 5) is 11.7. The Balaban J connectivity index is 1.61. The zero-order valence-corrected chi connectivity index (χ0v) is 19.5. The smallest absolute Gasteiger partial charge is 0.305 e. The Labute approximate surface area is 186 Å². The summed E-state index contributed by atoms with van der Waals surface area (Å²) in [6.45, 7) is 6.58. The van der Waals surface area contributed by atoms with Crippen molar-refractivity contribution in [1.29, 1.82) is 0 Å². The van der Waals surface area contributed by atoms with E-state index in [1.165, 1.54) is 7.11 Å². The molecule has 4 saturated carbocycles. The number of hydrogen-bond acceptors (Lipinski definition) is 6. The van der Waals surface area contributed by atoms with Crippen molar-refractivity contribution in [2.24, 2.45) is 46.3 Å². The SMILES string of the molecule is COC(=O)CC[C@@H](C)[C@H]1CC[C@H]2[C@@H]3[C@H](O)[C@@H](O)[C@@H]4C[C@H](O)CC[C@]4(C)[C@H]3C[C@H](O)[C@]12C. The van der Waals surface area contributed by atoms with Gasteiger partial charge in [0.25, 0.3) is 0 Å². The first kappa shape index (κ1) is 23.5. The first-order valence-electron chi connectivity index (χ1n) is 12.3. The molecule has 0 aromatic rings. The summed E-state index contributed by atoms with van der Waals surface area (Å²) in [7, 11) is 1.42. The molecule has 4 aliphatic rings. The second-order valence-electron chi connectivity index (χ2n) is 11.7. The van der Waals surface area contributed by atoms with E-state index in [2.05, 4.69) is 20.8 Å². The van der Waals surface area contributed by atoms with Crippen LogP contribution in [-0.2, 0) is 9.53 Å². The minimum Gasteiger partial charge on any atom is -0.469 e. The molecule has 178 valence electrons. The van der Waals surface area contributed by atoms with Gasteiger partial charge in [-0.2, -0.15) is 0 Å². The van der Waals surface area contributed by atoms with Gasteiger partial charge in [-0.15, -0.1) is 0 Å². The monoisotopic (exact) mass is 438 g/mol. The second kappa shape index (κ2) is 8.27. The van der Waals surface area contributed by atoms with Crippen LogP contribution < -0.4 is 0 Å². The fourth-order valence-corrected chi connectivity index (χ4v) is 8.82. The quantitative estimate of drug-likeness (QED) is 0.503. The summed E-state index contributed by atoms with van der Waals surface area (Å²) < 4.78 is 4.81. The molecule has 0 radical (unpaired) electrons. The molecule has 0 unspecified atom stereocenters. The van der Waals surface area contributed by atoms with Gasteiger partial charge in [0, 0.05) is 6.42 Å². The maximum atomic E-state index is 11.7. The van der Waals surface area contributed by atoms with E-state index in [1.54, 1.807) is 0 Å². The number of aliphatic hydroxyl groups is 4. The lowest BCUT2D eigenvalue weighted by atomic mass is 9.42. The lowest BCUT2D eigenvalue weighted by Crippen LogP contribution is -2.66. The van der Waals surface area contributed by atoms with Crippen LogP contribution in [0.4, 0.5) is 0 Å². The van der Waals surface area contributed by atoms with Crippen LogP contribution in [-0.4, -0.2) is 57.9 Å². The van der Waals surface area contributed by atoms with Crippen LogP contribution in [0.2, 0.25) is 0 Å². The van der Waals surface area contributed by atoms with Gasteiger partial charge in [0.05, 0.1) is 31.5 Å². The molecular weight excluding hydrogens is 396 g/mol. The Morgan fingerprint density at radius 2 is 1.71 bits per heavy atom. The Morgan fingerprint density at radius 3 is 2.39 bits per heavy atom. The third-order valence-corrected chi connectivity index (χ3v) is 10.6. The number of methoxy groups -OCH3 is 1. The van der Waals surface area contributed by atoms with Crippen LogP contribution in [0, 0.1) is 46.3 Å². The predicted molar refractivity (Wildman–Crippen MR) is 116 cm³/mol. The maximum Gasteiger partial charge on any atom is 0.305 e. The van der Waals surface area contributed by atoms with E-state index in [9.17, 15) is 25.2 Å². The minimum atomic E-state index is -0.823. The zero-order valence-electron chi connectivity index (χ0n) is 19.5. The molecule has 0 saturated heterocycles. The summed E-state index contributed by atoms with van der Waals surface area (Å²) in [6.07, 6.45) is 3.27. The molecule has 0 spiro atoms. The van der Waals surface area contributed by atoms with Gasteiger partial charge >= 0.3 is 5.97 Å². The fourth-order valence-electron chi connectivity index (χ4n) is 8.82. The maximum absolute atomic E-state index is 11.7. The number of carbonyl (C=O) groups excluding carboxylic acids is 1. The molecule has 12 atom stereocenters. The number of rotatable bonds is 4. The molecule has 4 fully saturated rings. The molecule has 0 bridgehead atoms. The van der Waals surface area contributed by atoms with Crippen molar-refractivity contribution in [3.63, 3.8) is 0 Å². The topological polar surface area (TPSA) is 107 Å². The molecule has 4 N–H and O–H groups in total. The third-order valence-electron chi connectivity index (χ3n) is 10.6. The third kappa shape index (κ3) is 3.48. The molecule has 0 amide bonds. The van der Waals surface area contributed by atoms with Gasteiger partial charge in [-0.05, 0) is 91.3 Å². The van der Waals surface area contributed by atoms with E-state index >= 15 is 0 Å². The van der Waals surface area contributed by atoms with Crippen LogP contribution in [0.1, 0.15) is 72.1 Å². The average molecular weight is 439 g/mol.